The number of aryl methyl sites for hydroxylation is 1. The van der Waals surface area contributed by atoms with Crippen LogP contribution in [-0.2, 0) is 16.6 Å². The maximum atomic E-state index is 12.3. The molecule has 0 aliphatic carbocycles. The number of rotatable bonds is 5. The number of methoxy groups -OCH3 is 1. The smallest absolute Gasteiger partial charge is 0.267 e. The van der Waals surface area contributed by atoms with Gasteiger partial charge in [0.2, 0.25) is 0 Å². The summed E-state index contributed by atoms with van der Waals surface area (Å²) in [7, 11) is -2.32. The van der Waals surface area contributed by atoms with Crippen molar-refractivity contribution in [3.63, 3.8) is 0 Å². The molecular weight excluding hydrogens is 298 g/mol. The van der Waals surface area contributed by atoms with Crippen LogP contribution in [0.15, 0.2) is 29.3 Å². The number of ether oxygens (including phenoxy) is 1. The van der Waals surface area contributed by atoms with E-state index in [4.69, 9.17) is 10.5 Å². The molecule has 20 heavy (non-hydrogen) atoms. The third-order valence-electron chi connectivity index (χ3n) is 2.60. The Bertz CT molecular complexity index is 710. The SMILES string of the molecule is COc1cc(CN)ccc1S(=O)(=O)Nc1ncc(C)s1. The van der Waals surface area contributed by atoms with Gasteiger partial charge in [-0.05, 0) is 24.6 Å². The first kappa shape index (κ1) is 14.8. The standard InChI is InChI=1S/C12H15N3O3S2/c1-8-7-14-12(19-8)15-20(16,17)11-4-3-9(6-13)5-10(11)18-2/h3-5,7H,6,13H2,1-2H3,(H,14,15). The predicted molar refractivity (Wildman–Crippen MR) is 78.5 cm³/mol. The normalized spacial score (nSPS) is 11.3. The second-order valence-corrected chi connectivity index (χ2v) is 6.96. The van der Waals surface area contributed by atoms with Gasteiger partial charge in [-0.3, -0.25) is 4.72 Å². The van der Waals surface area contributed by atoms with Crippen LogP contribution in [0, 0.1) is 6.92 Å². The van der Waals surface area contributed by atoms with E-state index in [1.165, 1.54) is 24.5 Å². The van der Waals surface area contributed by atoms with Crippen LogP contribution in [0.2, 0.25) is 0 Å². The van der Waals surface area contributed by atoms with Crippen LogP contribution >= 0.6 is 11.3 Å². The maximum Gasteiger partial charge on any atom is 0.267 e. The number of aromatic nitrogens is 1. The summed E-state index contributed by atoms with van der Waals surface area (Å²) in [4.78, 5) is 4.97. The van der Waals surface area contributed by atoms with Gasteiger partial charge in [-0.25, -0.2) is 13.4 Å². The molecule has 0 aliphatic rings. The molecular formula is C12H15N3O3S2. The Morgan fingerprint density at radius 1 is 1.45 bits per heavy atom. The number of sulfonamides is 1. The van der Waals surface area contributed by atoms with Crippen LogP contribution in [0.4, 0.5) is 5.13 Å². The van der Waals surface area contributed by atoms with Crippen molar-refractivity contribution in [3.05, 3.63) is 34.8 Å². The van der Waals surface area contributed by atoms with Gasteiger partial charge < -0.3 is 10.5 Å². The van der Waals surface area contributed by atoms with Crippen molar-refractivity contribution in [1.29, 1.82) is 0 Å². The monoisotopic (exact) mass is 313 g/mol. The molecule has 0 spiro atoms. The summed E-state index contributed by atoms with van der Waals surface area (Å²) in [6.07, 6.45) is 1.61. The summed E-state index contributed by atoms with van der Waals surface area (Å²) in [5, 5.41) is 0.326. The lowest BCUT2D eigenvalue weighted by atomic mass is 10.2. The van der Waals surface area contributed by atoms with Crippen molar-refractivity contribution in [1.82, 2.24) is 4.98 Å². The summed E-state index contributed by atoms with van der Waals surface area (Å²) in [5.41, 5.74) is 6.33. The topological polar surface area (TPSA) is 94.3 Å². The number of hydrogen-bond donors (Lipinski definition) is 2. The number of nitrogens with zero attached hydrogens (tertiary/aromatic N) is 1. The van der Waals surface area contributed by atoms with Gasteiger partial charge >= 0.3 is 0 Å². The van der Waals surface area contributed by atoms with E-state index in [0.29, 0.717) is 11.7 Å². The molecule has 6 nitrogen and oxygen atoms in total. The summed E-state index contributed by atoms with van der Waals surface area (Å²) in [6, 6.07) is 4.75. The molecule has 0 aliphatic heterocycles. The summed E-state index contributed by atoms with van der Waals surface area (Å²) in [5.74, 6) is 0.258. The van der Waals surface area contributed by atoms with Crippen LogP contribution in [0.1, 0.15) is 10.4 Å². The van der Waals surface area contributed by atoms with E-state index in [1.807, 2.05) is 6.92 Å². The molecule has 0 bridgehead atoms. The molecule has 0 atom stereocenters. The Balaban J connectivity index is 2.38. The zero-order valence-electron chi connectivity index (χ0n) is 11.1. The average molecular weight is 313 g/mol. The van der Waals surface area contributed by atoms with Crippen LogP contribution in [0.5, 0.6) is 5.75 Å². The number of nitrogens with one attached hydrogen (secondary N) is 1. The molecule has 0 unspecified atom stereocenters. The van der Waals surface area contributed by atoms with E-state index >= 15 is 0 Å². The fraction of sp³-hybridized carbons (Fsp3) is 0.250. The molecule has 0 saturated carbocycles. The Kier molecular flexibility index (Phi) is 4.26. The van der Waals surface area contributed by atoms with Gasteiger partial charge in [-0.2, -0.15) is 0 Å². The molecule has 0 saturated heterocycles. The molecule has 1 aromatic carbocycles. The van der Waals surface area contributed by atoms with E-state index in [0.717, 1.165) is 10.4 Å². The van der Waals surface area contributed by atoms with Crippen molar-refractivity contribution in [2.75, 3.05) is 11.8 Å². The van der Waals surface area contributed by atoms with Gasteiger partial charge in [0, 0.05) is 17.6 Å². The average Bonchev–Trinajstić information content (AvgIpc) is 2.82. The number of benzene rings is 1. The minimum Gasteiger partial charge on any atom is -0.495 e. The van der Waals surface area contributed by atoms with Crippen molar-refractivity contribution < 1.29 is 13.2 Å². The third-order valence-corrected chi connectivity index (χ3v) is 4.93. The molecule has 2 aromatic rings. The molecule has 1 aromatic heterocycles. The van der Waals surface area contributed by atoms with Gasteiger partial charge in [-0.1, -0.05) is 6.07 Å². The third kappa shape index (κ3) is 3.09. The largest absolute Gasteiger partial charge is 0.495 e. The number of thiazole rings is 1. The van der Waals surface area contributed by atoms with Crippen LogP contribution < -0.4 is 15.2 Å². The van der Waals surface area contributed by atoms with Crippen molar-refractivity contribution in [2.45, 2.75) is 18.4 Å². The molecule has 108 valence electrons. The molecule has 0 radical (unpaired) electrons. The van der Waals surface area contributed by atoms with E-state index in [-0.39, 0.29) is 10.6 Å². The van der Waals surface area contributed by atoms with Gasteiger partial charge in [-0.15, -0.1) is 11.3 Å². The van der Waals surface area contributed by atoms with Gasteiger partial charge in [0.15, 0.2) is 5.13 Å². The Morgan fingerprint density at radius 2 is 2.20 bits per heavy atom. The Morgan fingerprint density at radius 3 is 2.75 bits per heavy atom. The first-order valence-electron chi connectivity index (χ1n) is 5.78. The van der Waals surface area contributed by atoms with Crippen LogP contribution in [0.3, 0.4) is 0 Å². The minimum atomic E-state index is -3.74. The van der Waals surface area contributed by atoms with Gasteiger partial charge in [0.05, 0.1) is 7.11 Å². The van der Waals surface area contributed by atoms with E-state index in [2.05, 4.69) is 9.71 Å². The van der Waals surface area contributed by atoms with Crippen molar-refractivity contribution in [2.24, 2.45) is 5.73 Å². The number of hydrogen-bond acceptors (Lipinski definition) is 6. The zero-order chi connectivity index (χ0) is 14.8. The van der Waals surface area contributed by atoms with E-state index < -0.39 is 10.0 Å². The molecule has 1 heterocycles. The first-order chi connectivity index (χ1) is 9.46. The highest BCUT2D eigenvalue weighted by molar-refractivity contribution is 7.93. The highest BCUT2D eigenvalue weighted by Crippen LogP contribution is 2.28. The van der Waals surface area contributed by atoms with Gasteiger partial charge in [0.1, 0.15) is 10.6 Å². The second kappa shape index (κ2) is 5.78. The number of nitrogens with two attached hydrogens (primary N) is 1. The second-order valence-electron chi connectivity index (χ2n) is 4.07. The molecule has 0 amide bonds. The number of anilines is 1. The highest BCUT2D eigenvalue weighted by Gasteiger charge is 2.21. The summed E-state index contributed by atoms with van der Waals surface area (Å²) >= 11 is 1.27. The lowest BCUT2D eigenvalue weighted by Crippen LogP contribution is -2.14. The summed E-state index contributed by atoms with van der Waals surface area (Å²) < 4.78 is 32.2. The van der Waals surface area contributed by atoms with Crippen molar-refractivity contribution >= 4 is 26.5 Å². The lowest BCUT2D eigenvalue weighted by molar-refractivity contribution is 0.402. The lowest BCUT2D eigenvalue weighted by Gasteiger charge is -2.11. The molecule has 8 heteroatoms. The predicted octanol–water partition coefficient (Wildman–Crippen LogP) is 1.72. The van der Waals surface area contributed by atoms with Gasteiger partial charge in [0.25, 0.3) is 10.0 Å². The van der Waals surface area contributed by atoms with Crippen molar-refractivity contribution in [3.8, 4) is 5.75 Å². The Labute approximate surface area is 121 Å². The fourth-order valence-electron chi connectivity index (χ4n) is 1.63. The zero-order valence-corrected chi connectivity index (χ0v) is 12.7. The quantitative estimate of drug-likeness (QED) is 0.876. The highest BCUT2D eigenvalue weighted by atomic mass is 32.2. The summed E-state index contributed by atoms with van der Waals surface area (Å²) in [6.45, 7) is 2.17. The minimum absolute atomic E-state index is 0.0602. The van der Waals surface area contributed by atoms with E-state index in [1.54, 1.807) is 18.3 Å². The molecule has 2 rings (SSSR count). The maximum absolute atomic E-state index is 12.3. The van der Waals surface area contributed by atoms with Crippen LogP contribution in [-0.4, -0.2) is 20.5 Å². The first-order valence-corrected chi connectivity index (χ1v) is 8.08. The molecule has 0 fully saturated rings. The molecule has 3 N–H and O–H groups in total. The fourth-order valence-corrected chi connectivity index (χ4v) is 3.69. The van der Waals surface area contributed by atoms with E-state index in [9.17, 15) is 8.42 Å². The van der Waals surface area contributed by atoms with Crippen LogP contribution in [0.25, 0.3) is 0 Å². The Hall–Kier alpha value is -1.64.